The molecule has 2 aromatic carbocycles. The van der Waals surface area contributed by atoms with E-state index in [1.165, 1.54) is 30.3 Å². The largest absolute Gasteiger partial charge is 0.508 e. The Hall–Kier alpha value is -2.56. The molecule has 0 aliphatic carbocycles. The second-order valence-electron chi connectivity index (χ2n) is 3.63. The average molecular weight is 247 g/mol. The molecule has 2 rings (SSSR count). The van der Waals surface area contributed by atoms with E-state index in [9.17, 15) is 14.6 Å². The van der Waals surface area contributed by atoms with Crippen LogP contribution < -0.4 is 0 Å². The minimum absolute atomic E-state index is 0.0565. The lowest BCUT2D eigenvalue weighted by Crippen LogP contribution is -2.06. The van der Waals surface area contributed by atoms with E-state index in [-0.39, 0.29) is 28.3 Å². The molecule has 18 heavy (non-hydrogen) atoms. The predicted molar refractivity (Wildman–Crippen MR) is 63.6 cm³/mol. The zero-order valence-electron chi connectivity index (χ0n) is 9.21. The van der Waals surface area contributed by atoms with Gasteiger partial charge in [-0.1, -0.05) is 17.3 Å². The number of hydrogen-bond acceptors (Lipinski definition) is 4. The molecule has 0 aliphatic rings. The van der Waals surface area contributed by atoms with Crippen molar-refractivity contribution in [2.24, 2.45) is 5.16 Å². The number of phenols is 2. The Morgan fingerprint density at radius 3 is 2.33 bits per heavy atom. The van der Waals surface area contributed by atoms with Crippen molar-refractivity contribution in [3.8, 4) is 11.5 Å². The van der Waals surface area contributed by atoms with Gasteiger partial charge in [0.15, 0.2) is 0 Å². The van der Waals surface area contributed by atoms with Gasteiger partial charge in [0.25, 0.3) is 0 Å². The van der Waals surface area contributed by atoms with Gasteiger partial charge in [-0.05, 0) is 24.3 Å². The number of nitrogens with zero attached hydrogens (tertiary/aromatic N) is 1. The van der Waals surface area contributed by atoms with Crippen LogP contribution in [0.4, 0.5) is 4.39 Å². The van der Waals surface area contributed by atoms with Gasteiger partial charge in [0.05, 0.1) is 0 Å². The summed E-state index contributed by atoms with van der Waals surface area (Å²) in [5.74, 6) is -1.01. The lowest BCUT2D eigenvalue weighted by atomic mass is 10.0. The first-order valence-corrected chi connectivity index (χ1v) is 5.13. The Kier molecular flexibility index (Phi) is 3.14. The molecule has 0 saturated heterocycles. The van der Waals surface area contributed by atoms with Crippen molar-refractivity contribution in [3.63, 3.8) is 0 Å². The third kappa shape index (κ3) is 2.10. The van der Waals surface area contributed by atoms with Crippen LogP contribution in [0.15, 0.2) is 47.6 Å². The molecule has 0 aliphatic heterocycles. The molecule has 0 amide bonds. The Bertz CT molecular complexity index is 611. The number of halogens is 1. The topological polar surface area (TPSA) is 73.1 Å². The van der Waals surface area contributed by atoms with Gasteiger partial charge in [-0.3, -0.25) is 0 Å². The molecular formula is C13H10FNO3. The van der Waals surface area contributed by atoms with Gasteiger partial charge in [-0.15, -0.1) is 0 Å². The van der Waals surface area contributed by atoms with Gasteiger partial charge in [-0.25, -0.2) is 4.39 Å². The number of rotatable bonds is 2. The molecule has 0 heterocycles. The summed E-state index contributed by atoms with van der Waals surface area (Å²) < 4.78 is 13.6. The highest BCUT2D eigenvalue weighted by Gasteiger charge is 2.16. The van der Waals surface area contributed by atoms with Crippen molar-refractivity contribution in [2.45, 2.75) is 0 Å². The van der Waals surface area contributed by atoms with Crippen LogP contribution in [0.1, 0.15) is 11.1 Å². The molecule has 3 N–H and O–H groups in total. The van der Waals surface area contributed by atoms with Crippen molar-refractivity contribution >= 4 is 5.71 Å². The van der Waals surface area contributed by atoms with Gasteiger partial charge in [-0.2, -0.15) is 0 Å². The van der Waals surface area contributed by atoms with E-state index >= 15 is 0 Å². The monoisotopic (exact) mass is 247 g/mol. The maximum Gasteiger partial charge on any atom is 0.132 e. The van der Waals surface area contributed by atoms with E-state index in [1.54, 1.807) is 6.07 Å². The molecule has 0 saturated carbocycles. The van der Waals surface area contributed by atoms with Gasteiger partial charge in [0.2, 0.25) is 0 Å². The quantitative estimate of drug-likeness (QED) is 0.433. The summed E-state index contributed by atoms with van der Waals surface area (Å²) in [7, 11) is 0. The summed E-state index contributed by atoms with van der Waals surface area (Å²) in [6, 6.07) is 9.47. The first-order valence-electron chi connectivity index (χ1n) is 5.13. The Morgan fingerprint density at radius 2 is 1.72 bits per heavy atom. The summed E-state index contributed by atoms with van der Waals surface area (Å²) in [5, 5.41) is 30.9. The molecule has 0 aromatic heterocycles. The van der Waals surface area contributed by atoms with E-state index in [1.807, 2.05) is 0 Å². The molecule has 0 unspecified atom stereocenters. The summed E-state index contributed by atoms with van der Waals surface area (Å²) in [5.41, 5.74) is 0.0759. The highest BCUT2D eigenvalue weighted by atomic mass is 19.1. The Balaban J connectivity index is 2.57. The van der Waals surface area contributed by atoms with Gasteiger partial charge in [0.1, 0.15) is 23.0 Å². The normalized spacial score (nSPS) is 11.5. The van der Waals surface area contributed by atoms with Crippen LogP contribution in [0.2, 0.25) is 0 Å². The number of oxime groups is 1. The third-order valence-corrected chi connectivity index (χ3v) is 2.47. The molecule has 2 aromatic rings. The molecule has 5 heteroatoms. The van der Waals surface area contributed by atoms with Crippen LogP contribution in [0, 0.1) is 5.82 Å². The summed E-state index contributed by atoms with van der Waals surface area (Å²) in [6.07, 6.45) is 0. The minimum Gasteiger partial charge on any atom is -0.508 e. The van der Waals surface area contributed by atoms with Gasteiger partial charge >= 0.3 is 0 Å². The maximum absolute atomic E-state index is 13.6. The van der Waals surface area contributed by atoms with Crippen LogP contribution in [0.3, 0.4) is 0 Å². The predicted octanol–water partition coefficient (Wildman–Crippen LogP) is 2.46. The smallest absolute Gasteiger partial charge is 0.132 e. The van der Waals surface area contributed by atoms with Crippen LogP contribution in [-0.4, -0.2) is 21.1 Å². The Labute approximate surface area is 102 Å². The molecule has 0 spiro atoms. The Morgan fingerprint density at radius 1 is 1.00 bits per heavy atom. The van der Waals surface area contributed by atoms with Gasteiger partial charge < -0.3 is 15.4 Å². The van der Waals surface area contributed by atoms with E-state index in [0.29, 0.717) is 0 Å². The fraction of sp³-hybridized carbons (Fsp3) is 0. The molecule has 4 nitrogen and oxygen atoms in total. The standard InChI is InChI=1S/C13H10FNO3/c14-11-4-2-1-3-9(11)13(15-18)10-6-5-8(16)7-12(10)17/h1-7,16-18H/b15-13-. The van der Waals surface area contributed by atoms with Crippen LogP contribution in [-0.2, 0) is 0 Å². The highest BCUT2D eigenvalue weighted by molar-refractivity contribution is 6.14. The molecule has 92 valence electrons. The summed E-state index contributed by atoms with van der Waals surface area (Å²) >= 11 is 0. The highest BCUT2D eigenvalue weighted by Crippen LogP contribution is 2.26. The fourth-order valence-electron chi connectivity index (χ4n) is 1.63. The SMILES string of the molecule is O/N=C(\c1ccc(O)cc1O)c1ccccc1F. The molecular weight excluding hydrogens is 237 g/mol. The van der Waals surface area contributed by atoms with Crippen molar-refractivity contribution in [1.82, 2.24) is 0 Å². The van der Waals surface area contributed by atoms with Gasteiger partial charge in [0, 0.05) is 17.2 Å². The average Bonchev–Trinajstić information content (AvgIpc) is 2.34. The summed E-state index contributed by atoms with van der Waals surface area (Å²) in [4.78, 5) is 0. The molecule has 0 fully saturated rings. The number of benzene rings is 2. The number of aromatic hydroxyl groups is 2. The van der Waals surface area contributed by atoms with Crippen LogP contribution >= 0.6 is 0 Å². The third-order valence-electron chi connectivity index (χ3n) is 2.47. The summed E-state index contributed by atoms with van der Waals surface area (Å²) in [6.45, 7) is 0. The molecule has 0 bridgehead atoms. The van der Waals surface area contributed by atoms with Crippen molar-refractivity contribution < 1.29 is 19.8 Å². The second kappa shape index (κ2) is 4.75. The van der Waals surface area contributed by atoms with E-state index in [2.05, 4.69) is 5.16 Å². The minimum atomic E-state index is -0.572. The van der Waals surface area contributed by atoms with Crippen LogP contribution in [0.5, 0.6) is 11.5 Å². The molecule has 0 atom stereocenters. The first kappa shape index (κ1) is 11.9. The first-order chi connectivity index (χ1) is 8.63. The van der Waals surface area contributed by atoms with Crippen LogP contribution in [0.25, 0.3) is 0 Å². The maximum atomic E-state index is 13.6. The lowest BCUT2D eigenvalue weighted by Gasteiger charge is -2.08. The zero-order valence-corrected chi connectivity index (χ0v) is 9.21. The van der Waals surface area contributed by atoms with Crippen molar-refractivity contribution in [1.29, 1.82) is 0 Å². The number of hydrogen-bond donors (Lipinski definition) is 3. The number of phenolic OH excluding ortho intramolecular Hbond substituents is 2. The van der Waals surface area contributed by atoms with E-state index in [0.717, 1.165) is 6.07 Å². The second-order valence-corrected chi connectivity index (χ2v) is 3.63. The van der Waals surface area contributed by atoms with Crippen molar-refractivity contribution in [3.05, 3.63) is 59.4 Å². The zero-order chi connectivity index (χ0) is 13.1. The lowest BCUT2D eigenvalue weighted by molar-refractivity contribution is 0.319. The fourth-order valence-corrected chi connectivity index (χ4v) is 1.63. The van der Waals surface area contributed by atoms with E-state index < -0.39 is 5.82 Å². The molecule has 0 radical (unpaired) electrons. The van der Waals surface area contributed by atoms with E-state index in [4.69, 9.17) is 5.21 Å². The van der Waals surface area contributed by atoms with Crippen molar-refractivity contribution in [2.75, 3.05) is 0 Å².